The Morgan fingerprint density at radius 3 is 2.50 bits per heavy atom. The van der Waals surface area contributed by atoms with Crippen LogP contribution in [0.2, 0.25) is 0 Å². The average molecular weight is 388 g/mol. The minimum atomic E-state index is -0.584. The van der Waals surface area contributed by atoms with Crippen LogP contribution in [0.1, 0.15) is 50.4 Å². The zero-order valence-electron chi connectivity index (χ0n) is 16.7. The molecule has 0 saturated carbocycles. The Hall–Kier alpha value is -2.41. The lowest BCUT2D eigenvalue weighted by molar-refractivity contribution is -0.171. The van der Waals surface area contributed by atoms with Crippen LogP contribution in [0, 0.1) is 11.8 Å². The highest BCUT2D eigenvalue weighted by Gasteiger charge is 2.44. The van der Waals surface area contributed by atoms with Crippen LogP contribution in [0.25, 0.3) is 0 Å². The maximum Gasteiger partial charge on any atom is 0.416 e. The molecular weight excluding hydrogens is 360 g/mol. The van der Waals surface area contributed by atoms with Gasteiger partial charge < -0.3 is 9.57 Å². The van der Waals surface area contributed by atoms with Gasteiger partial charge in [0.25, 0.3) is 0 Å². The Labute approximate surface area is 165 Å². The van der Waals surface area contributed by atoms with Crippen molar-refractivity contribution in [3.05, 3.63) is 35.9 Å². The van der Waals surface area contributed by atoms with Gasteiger partial charge >= 0.3 is 12.1 Å². The number of amides is 2. The van der Waals surface area contributed by atoms with Gasteiger partial charge in [0, 0.05) is 6.54 Å². The third kappa shape index (κ3) is 4.19. The molecule has 2 aliphatic heterocycles. The summed E-state index contributed by atoms with van der Waals surface area (Å²) in [5, 5.41) is 1.62. The molecule has 7 heteroatoms. The molecule has 1 aromatic carbocycles. The van der Waals surface area contributed by atoms with Crippen LogP contribution in [0.15, 0.2) is 30.3 Å². The van der Waals surface area contributed by atoms with Gasteiger partial charge in [0.15, 0.2) is 0 Å². The topological polar surface area (TPSA) is 76.2 Å². The van der Waals surface area contributed by atoms with Gasteiger partial charge in [0.2, 0.25) is 5.91 Å². The van der Waals surface area contributed by atoms with Gasteiger partial charge in [-0.25, -0.2) is 14.5 Å². The summed E-state index contributed by atoms with van der Waals surface area (Å²) in [7, 11) is 0. The number of carbonyl (C=O) groups excluding carboxylic acids is 3. The third-order valence-electron chi connectivity index (χ3n) is 5.59. The van der Waals surface area contributed by atoms with Crippen molar-refractivity contribution in [1.82, 2.24) is 9.96 Å². The van der Waals surface area contributed by atoms with Crippen LogP contribution in [-0.2, 0) is 14.4 Å². The van der Waals surface area contributed by atoms with Gasteiger partial charge in [-0.15, -0.1) is 5.06 Å². The van der Waals surface area contributed by atoms with Crippen LogP contribution in [0.3, 0.4) is 0 Å². The van der Waals surface area contributed by atoms with Crippen molar-refractivity contribution in [3.8, 4) is 0 Å². The Bertz CT molecular complexity index is 721. The molecule has 7 nitrogen and oxygen atoms in total. The predicted octanol–water partition coefficient (Wildman–Crippen LogP) is 3.25. The zero-order chi connectivity index (χ0) is 20.3. The van der Waals surface area contributed by atoms with Gasteiger partial charge in [-0.3, -0.25) is 4.79 Å². The molecule has 0 spiro atoms. The first kappa shape index (κ1) is 20.3. The van der Waals surface area contributed by atoms with E-state index < -0.39 is 18.0 Å². The predicted molar refractivity (Wildman–Crippen MR) is 102 cm³/mol. The fraction of sp³-hybridized carbons (Fsp3) is 0.571. The molecule has 0 aliphatic carbocycles. The van der Waals surface area contributed by atoms with Crippen molar-refractivity contribution in [2.45, 2.75) is 52.1 Å². The maximum atomic E-state index is 13.1. The van der Waals surface area contributed by atoms with E-state index in [1.165, 1.54) is 4.90 Å². The van der Waals surface area contributed by atoms with E-state index in [0.29, 0.717) is 12.1 Å². The van der Waals surface area contributed by atoms with Crippen LogP contribution in [0.5, 0.6) is 0 Å². The number of hydrogen-bond donors (Lipinski definition) is 0. The number of nitrogens with zero attached hydrogens (tertiary/aromatic N) is 2. The molecule has 28 heavy (non-hydrogen) atoms. The summed E-state index contributed by atoms with van der Waals surface area (Å²) < 4.78 is 5.11. The van der Waals surface area contributed by atoms with E-state index in [2.05, 4.69) is 0 Å². The number of cyclic esters (lactones) is 1. The van der Waals surface area contributed by atoms with Crippen molar-refractivity contribution in [2.24, 2.45) is 11.8 Å². The molecule has 1 aromatic rings. The molecule has 3 rings (SSSR count). The maximum absolute atomic E-state index is 13.1. The Morgan fingerprint density at radius 2 is 1.82 bits per heavy atom. The Morgan fingerprint density at radius 1 is 1.11 bits per heavy atom. The third-order valence-corrected chi connectivity index (χ3v) is 5.59. The fourth-order valence-corrected chi connectivity index (χ4v) is 3.84. The van der Waals surface area contributed by atoms with E-state index in [0.717, 1.165) is 19.3 Å². The van der Waals surface area contributed by atoms with E-state index in [1.807, 2.05) is 19.9 Å². The van der Waals surface area contributed by atoms with Gasteiger partial charge in [-0.05, 0) is 30.9 Å². The van der Waals surface area contributed by atoms with Crippen LogP contribution < -0.4 is 0 Å². The Balaban J connectivity index is 1.73. The number of hydroxylamine groups is 2. The molecular formula is C21H28N2O5. The summed E-state index contributed by atoms with van der Waals surface area (Å²) in [6.45, 7) is 6.52. The molecule has 2 amide bonds. The molecule has 2 heterocycles. The molecule has 2 saturated heterocycles. The van der Waals surface area contributed by atoms with E-state index in [1.54, 1.807) is 36.3 Å². The largest absolute Gasteiger partial charge is 0.447 e. The fourth-order valence-electron chi connectivity index (χ4n) is 3.84. The van der Waals surface area contributed by atoms with Crippen LogP contribution >= 0.6 is 0 Å². The normalized spacial score (nSPS) is 24.1. The van der Waals surface area contributed by atoms with E-state index in [4.69, 9.17) is 9.57 Å². The van der Waals surface area contributed by atoms with Gasteiger partial charge in [-0.1, -0.05) is 45.4 Å². The van der Waals surface area contributed by atoms with Crippen LogP contribution in [-0.4, -0.2) is 53.2 Å². The van der Waals surface area contributed by atoms with Crippen molar-refractivity contribution in [3.63, 3.8) is 0 Å². The summed E-state index contributed by atoms with van der Waals surface area (Å²) in [5.74, 6) is -1.08. The number of carbonyl (C=O) groups is 3. The summed E-state index contributed by atoms with van der Waals surface area (Å²) in [4.78, 5) is 44.6. The first-order valence-corrected chi connectivity index (χ1v) is 9.94. The lowest BCUT2D eigenvalue weighted by Crippen LogP contribution is -2.52. The number of hydrogen-bond acceptors (Lipinski definition) is 6. The summed E-state index contributed by atoms with van der Waals surface area (Å²) in [5.41, 5.74) is 0.466. The van der Waals surface area contributed by atoms with Crippen LogP contribution in [0.4, 0.5) is 4.79 Å². The number of benzene rings is 1. The average Bonchev–Trinajstić information content (AvgIpc) is 3.09. The van der Waals surface area contributed by atoms with Crippen molar-refractivity contribution in [1.29, 1.82) is 0 Å². The lowest BCUT2D eigenvalue weighted by atomic mass is 9.91. The molecule has 3 atom stereocenters. The second-order valence-electron chi connectivity index (χ2n) is 7.83. The number of ether oxygens (including phenoxy) is 1. The van der Waals surface area contributed by atoms with Gasteiger partial charge in [0.05, 0.1) is 23.6 Å². The molecule has 2 aliphatic rings. The highest BCUT2D eigenvalue weighted by atomic mass is 16.7. The molecule has 0 radical (unpaired) electrons. The Kier molecular flexibility index (Phi) is 6.34. The first-order chi connectivity index (χ1) is 13.4. The van der Waals surface area contributed by atoms with E-state index in [-0.39, 0.29) is 30.5 Å². The SMILES string of the molecule is CC(C)[C@H]1COC(=O)N1C(=O)[C@@H](C)[C@H]1CCCCN1OC(=O)c1ccccc1. The van der Waals surface area contributed by atoms with Gasteiger partial charge in [-0.2, -0.15) is 0 Å². The molecule has 2 fully saturated rings. The number of piperidine rings is 1. The van der Waals surface area contributed by atoms with Crippen molar-refractivity contribution in [2.75, 3.05) is 13.2 Å². The van der Waals surface area contributed by atoms with E-state index >= 15 is 0 Å². The second-order valence-corrected chi connectivity index (χ2v) is 7.83. The summed E-state index contributed by atoms with van der Waals surface area (Å²) in [6, 6.07) is 8.26. The molecule has 0 unspecified atom stereocenters. The second kappa shape index (κ2) is 8.73. The highest BCUT2D eigenvalue weighted by Crippen LogP contribution is 2.29. The van der Waals surface area contributed by atoms with E-state index in [9.17, 15) is 14.4 Å². The standard InChI is InChI=1S/C21H28N2O5/c1-14(2)18-13-27-21(26)23(18)19(24)15(3)17-11-7-8-12-22(17)28-20(25)16-9-5-4-6-10-16/h4-6,9-10,14-15,17-18H,7-8,11-13H2,1-3H3/t15-,17+,18+/m0/s1. The molecule has 0 bridgehead atoms. The van der Waals surface area contributed by atoms with Crippen molar-refractivity contribution < 1.29 is 24.0 Å². The van der Waals surface area contributed by atoms with Crippen molar-refractivity contribution >= 4 is 18.0 Å². The molecule has 0 N–H and O–H groups in total. The molecule has 0 aromatic heterocycles. The monoisotopic (exact) mass is 388 g/mol. The minimum absolute atomic E-state index is 0.112. The highest BCUT2D eigenvalue weighted by molar-refractivity contribution is 5.95. The smallest absolute Gasteiger partial charge is 0.416 e. The summed E-state index contributed by atoms with van der Waals surface area (Å²) >= 11 is 0. The first-order valence-electron chi connectivity index (χ1n) is 9.94. The summed E-state index contributed by atoms with van der Waals surface area (Å²) in [6.07, 6.45) is 1.98. The quantitative estimate of drug-likeness (QED) is 0.771. The zero-order valence-corrected chi connectivity index (χ0v) is 16.7. The number of rotatable bonds is 5. The minimum Gasteiger partial charge on any atom is -0.447 e. The lowest BCUT2D eigenvalue weighted by Gasteiger charge is -2.38. The molecule has 152 valence electrons. The van der Waals surface area contributed by atoms with Gasteiger partial charge in [0.1, 0.15) is 6.61 Å². The number of imide groups is 1.